The van der Waals surface area contributed by atoms with Crippen molar-refractivity contribution in [2.45, 2.75) is 64.3 Å². The number of fused-ring (bicyclic) bond motifs is 2. The fourth-order valence-corrected chi connectivity index (χ4v) is 3.54. The number of esters is 1. The molecule has 1 aliphatic carbocycles. The normalized spacial score (nSPS) is 46.3. The van der Waals surface area contributed by atoms with Gasteiger partial charge in [0.25, 0.3) is 0 Å². The lowest BCUT2D eigenvalue weighted by atomic mass is 9.73. The first-order valence-electron chi connectivity index (χ1n) is 6.91. The number of carbonyl (C=O) groups is 1. The van der Waals surface area contributed by atoms with Crippen molar-refractivity contribution in [1.82, 2.24) is 0 Å². The van der Waals surface area contributed by atoms with Gasteiger partial charge in [-0.1, -0.05) is 6.58 Å². The molecule has 2 heterocycles. The molecule has 0 amide bonds. The SMILES string of the molecule is C=C1CC[C@H]2O[C@@]2(C)CC[C@@H]2[C@@H]1OC(=O)C2(C)C. The smallest absolute Gasteiger partial charge is 0.312 e. The largest absolute Gasteiger partial charge is 0.457 e. The first-order valence-corrected chi connectivity index (χ1v) is 6.91. The van der Waals surface area contributed by atoms with E-state index in [0.29, 0.717) is 6.10 Å². The zero-order valence-corrected chi connectivity index (χ0v) is 11.5. The van der Waals surface area contributed by atoms with Gasteiger partial charge in [-0.25, -0.2) is 0 Å². The molecule has 1 saturated carbocycles. The molecule has 0 radical (unpaired) electrons. The first kappa shape index (κ1) is 12.2. The fraction of sp³-hybridized carbons (Fsp3) is 0.800. The quantitative estimate of drug-likeness (QED) is 0.377. The van der Waals surface area contributed by atoms with Crippen LogP contribution in [-0.2, 0) is 14.3 Å². The molecule has 0 aromatic heterocycles. The van der Waals surface area contributed by atoms with Crippen LogP contribution in [0.4, 0.5) is 0 Å². The molecule has 0 spiro atoms. The van der Waals surface area contributed by atoms with E-state index in [1.54, 1.807) is 0 Å². The van der Waals surface area contributed by atoms with Crippen molar-refractivity contribution in [3.05, 3.63) is 12.2 Å². The Hall–Kier alpha value is -0.830. The molecule has 0 aromatic carbocycles. The van der Waals surface area contributed by atoms with Gasteiger partial charge in [-0.05, 0) is 52.0 Å². The Balaban J connectivity index is 1.87. The van der Waals surface area contributed by atoms with Crippen molar-refractivity contribution in [1.29, 1.82) is 0 Å². The summed E-state index contributed by atoms with van der Waals surface area (Å²) in [5.41, 5.74) is 0.717. The summed E-state index contributed by atoms with van der Waals surface area (Å²) in [5, 5.41) is 0. The molecule has 3 rings (SSSR count). The van der Waals surface area contributed by atoms with E-state index in [4.69, 9.17) is 9.47 Å². The number of epoxide rings is 1. The predicted octanol–water partition coefficient (Wildman–Crippen LogP) is 2.84. The van der Waals surface area contributed by atoms with Gasteiger partial charge in [0.05, 0.1) is 17.1 Å². The molecule has 0 N–H and O–H groups in total. The Morgan fingerprint density at radius 1 is 1.28 bits per heavy atom. The van der Waals surface area contributed by atoms with Crippen molar-refractivity contribution in [2.24, 2.45) is 11.3 Å². The van der Waals surface area contributed by atoms with Crippen molar-refractivity contribution in [3.63, 3.8) is 0 Å². The van der Waals surface area contributed by atoms with E-state index in [0.717, 1.165) is 31.3 Å². The molecule has 3 aliphatic rings. The second-order valence-corrected chi connectivity index (χ2v) is 6.81. The van der Waals surface area contributed by atoms with Gasteiger partial charge in [-0.15, -0.1) is 0 Å². The molecular weight excluding hydrogens is 228 g/mol. The zero-order valence-electron chi connectivity index (χ0n) is 11.5. The molecule has 2 aliphatic heterocycles. The Bertz CT molecular complexity index is 412. The van der Waals surface area contributed by atoms with E-state index in [2.05, 4.69) is 13.5 Å². The number of hydrogen-bond acceptors (Lipinski definition) is 3. The summed E-state index contributed by atoms with van der Waals surface area (Å²) in [4.78, 5) is 12.0. The van der Waals surface area contributed by atoms with E-state index in [9.17, 15) is 4.79 Å². The molecule has 4 atom stereocenters. The standard InChI is InChI=1S/C15H22O3/c1-9-5-6-11-15(4,18-11)8-7-10-12(9)17-13(16)14(10,2)3/h10-12H,1,5-8H2,2-4H3/t10-,11-,12-,15+/m1/s1. The van der Waals surface area contributed by atoms with Crippen molar-refractivity contribution >= 4 is 5.97 Å². The van der Waals surface area contributed by atoms with Gasteiger partial charge in [0, 0.05) is 5.92 Å². The summed E-state index contributed by atoms with van der Waals surface area (Å²) in [6.07, 6.45) is 4.23. The first-order chi connectivity index (χ1) is 8.34. The Labute approximate surface area is 109 Å². The van der Waals surface area contributed by atoms with Crippen LogP contribution in [0.3, 0.4) is 0 Å². The zero-order chi connectivity index (χ0) is 13.1. The second-order valence-electron chi connectivity index (χ2n) is 6.81. The van der Waals surface area contributed by atoms with Gasteiger partial charge < -0.3 is 9.47 Å². The molecule has 0 aromatic rings. The molecule has 3 fully saturated rings. The highest BCUT2D eigenvalue weighted by Crippen LogP contribution is 2.51. The van der Waals surface area contributed by atoms with Crippen LogP contribution in [0.2, 0.25) is 0 Å². The van der Waals surface area contributed by atoms with Crippen molar-refractivity contribution in [2.75, 3.05) is 0 Å². The van der Waals surface area contributed by atoms with Gasteiger partial charge in [-0.2, -0.15) is 0 Å². The molecule has 100 valence electrons. The summed E-state index contributed by atoms with van der Waals surface area (Å²) >= 11 is 0. The summed E-state index contributed by atoms with van der Waals surface area (Å²) in [6.45, 7) is 10.3. The lowest BCUT2D eigenvalue weighted by molar-refractivity contribution is -0.146. The molecule has 0 bridgehead atoms. The van der Waals surface area contributed by atoms with Gasteiger partial charge >= 0.3 is 5.97 Å². The minimum atomic E-state index is -0.390. The summed E-state index contributed by atoms with van der Waals surface area (Å²) < 4.78 is 11.4. The lowest BCUT2D eigenvalue weighted by Gasteiger charge is -2.26. The van der Waals surface area contributed by atoms with Gasteiger partial charge in [0.1, 0.15) is 6.10 Å². The van der Waals surface area contributed by atoms with Gasteiger partial charge in [-0.3, -0.25) is 4.79 Å². The van der Waals surface area contributed by atoms with E-state index in [1.807, 2.05) is 13.8 Å². The fourth-order valence-electron chi connectivity index (χ4n) is 3.54. The maximum absolute atomic E-state index is 12.0. The van der Waals surface area contributed by atoms with Crippen LogP contribution in [0.1, 0.15) is 46.5 Å². The van der Waals surface area contributed by atoms with Crippen LogP contribution >= 0.6 is 0 Å². The second kappa shape index (κ2) is 3.60. The highest BCUT2D eigenvalue weighted by Gasteiger charge is 2.57. The topological polar surface area (TPSA) is 38.8 Å². The minimum absolute atomic E-state index is 0.0386. The Morgan fingerprint density at radius 2 is 2.00 bits per heavy atom. The number of ether oxygens (including phenoxy) is 2. The molecular formula is C15H22O3. The van der Waals surface area contributed by atoms with Crippen LogP contribution in [0, 0.1) is 11.3 Å². The predicted molar refractivity (Wildman–Crippen MR) is 68.0 cm³/mol. The third-order valence-corrected chi connectivity index (χ3v) is 5.17. The summed E-state index contributed by atoms with van der Waals surface area (Å²) in [5.74, 6) is 0.176. The maximum atomic E-state index is 12.0. The van der Waals surface area contributed by atoms with Crippen LogP contribution in [0.25, 0.3) is 0 Å². The van der Waals surface area contributed by atoms with E-state index in [1.165, 1.54) is 0 Å². The lowest BCUT2D eigenvalue weighted by Crippen LogP contribution is -2.30. The summed E-state index contributed by atoms with van der Waals surface area (Å²) in [6, 6.07) is 0. The number of hydrogen-bond donors (Lipinski definition) is 0. The maximum Gasteiger partial charge on any atom is 0.312 e. The third kappa shape index (κ3) is 1.63. The van der Waals surface area contributed by atoms with Crippen LogP contribution in [0.15, 0.2) is 12.2 Å². The Kier molecular flexibility index (Phi) is 2.44. The van der Waals surface area contributed by atoms with Crippen molar-refractivity contribution < 1.29 is 14.3 Å². The van der Waals surface area contributed by atoms with Crippen LogP contribution < -0.4 is 0 Å². The molecule has 3 heteroatoms. The minimum Gasteiger partial charge on any atom is -0.457 e. The van der Waals surface area contributed by atoms with Gasteiger partial charge in [0.2, 0.25) is 0 Å². The average molecular weight is 250 g/mol. The van der Waals surface area contributed by atoms with E-state index in [-0.39, 0.29) is 23.6 Å². The molecule has 18 heavy (non-hydrogen) atoms. The molecule has 2 saturated heterocycles. The Morgan fingerprint density at radius 3 is 2.72 bits per heavy atom. The van der Waals surface area contributed by atoms with Gasteiger partial charge in [0.15, 0.2) is 0 Å². The number of carbonyl (C=O) groups excluding carboxylic acids is 1. The molecule has 0 unspecified atom stereocenters. The van der Waals surface area contributed by atoms with Crippen molar-refractivity contribution in [3.8, 4) is 0 Å². The third-order valence-electron chi connectivity index (χ3n) is 5.17. The van der Waals surface area contributed by atoms with E-state index < -0.39 is 5.41 Å². The number of rotatable bonds is 0. The average Bonchev–Trinajstić information content (AvgIpc) is 2.86. The van der Waals surface area contributed by atoms with Crippen LogP contribution in [0.5, 0.6) is 0 Å². The van der Waals surface area contributed by atoms with E-state index >= 15 is 0 Å². The highest BCUT2D eigenvalue weighted by atomic mass is 16.6. The molecule has 3 nitrogen and oxygen atoms in total. The monoisotopic (exact) mass is 250 g/mol. The summed E-state index contributed by atoms with van der Waals surface area (Å²) in [7, 11) is 0. The van der Waals surface area contributed by atoms with Crippen LogP contribution in [-0.4, -0.2) is 23.8 Å². The highest BCUT2D eigenvalue weighted by molar-refractivity contribution is 5.79.